The number of nitrogens with zero attached hydrogens (tertiary/aromatic N) is 1. The van der Waals surface area contributed by atoms with Gasteiger partial charge in [-0.3, -0.25) is 9.59 Å². The molecule has 18 heavy (non-hydrogen) atoms. The van der Waals surface area contributed by atoms with Gasteiger partial charge in [-0.15, -0.1) is 0 Å². The van der Waals surface area contributed by atoms with E-state index < -0.39 is 11.7 Å². The first-order valence-corrected chi connectivity index (χ1v) is 5.69. The van der Waals surface area contributed by atoms with Crippen LogP contribution in [0.2, 0.25) is 0 Å². The Morgan fingerprint density at radius 1 is 1.44 bits per heavy atom. The van der Waals surface area contributed by atoms with Crippen molar-refractivity contribution in [2.45, 2.75) is 6.42 Å². The second-order valence-corrected chi connectivity index (χ2v) is 4.13. The second-order valence-electron chi connectivity index (χ2n) is 4.13. The van der Waals surface area contributed by atoms with Crippen LogP contribution in [0, 0.1) is 5.82 Å². The highest BCUT2D eigenvalue weighted by Gasteiger charge is 2.23. The van der Waals surface area contributed by atoms with E-state index in [2.05, 4.69) is 5.32 Å². The van der Waals surface area contributed by atoms with E-state index >= 15 is 0 Å². The van der Waals surface area contributed by atoms with Crippen LogP contribution in [0.15, 0.2) is 18.2 Å². The molecule has 1 heterocycles. The number of halogens is 1. The van der Waals surface area contributed by atoms with E-state index in [1.165, 1.54) is 23.1 Å². The number of anilines is 1. The zero-order valence-electron chi connectivity index (χ0n) is 9.78. The van der Waals surface area contributed by atoms with Gasteiger partial charge in [0.2, 0.25) is 5.91 Å². The Morgan fingerprint density at radius 3 is 3.00 bits per heavy atom. The van der Waals surface area contributed by atoms with E-state index in [9.17, 15) is 14.0 Å². The highest BCUT2D eigenvalue weighted by molar-refractivity contribution is 6.00. The van der Waals surface area contributed by atoms with Crippen LogP contribution in [-0.4, -0.2) is 36.3 Å². The number of amides is 2. The zero-order chi connectivity index (χ0) is 13.1. The SMILES string of the molecule is Nc1c(F)cccc1C(=O)N1CCCNC(=O)C1. The molecule has 0 saturated carbocycles. The van der Waals surface area contributed by atoms with Crippen molar-refractivity contribution in [1.82, 2.24) is 10.2 Å². The Bertz CT molecular complexity index is 490. The molecular formula is C12H14FN3O2. The summed E-state index contributed by atoms with van der Waals surface area (Å²) >= 11 is 0. The number of carbonyl (C=O) groups excluding carboxylic acids is 2. The molecule has 5 nitrogen and oxygen atoms in total. The number of nitrogens with two attached hydrogens (primary N) is 1. The van der Waals surface area contributed by atoms with Gasteiger partial charge in [-0.2, -0.15) is 0 Å². The van der Waals surface area contributed by atoms with Gasteiger partial charge in [-0.25, -0.2) is 4.39 Å². The largest absolute Gasteiger partial charge is 0.396 e. The third-order valence-corrected chi connectivity index (χ3v) is 2.83. The Morgan fingerprint density at radius 2 is 2.22 bits per heavy atom. The highest BCUT2D eigenvalue weighted by Crippen LogP contribution is 2.18. The fraction of sp³-hybridized carbons (Fsp3) is 0.333. The summed E-state index contributed by atoms with van der Waals surface area (Å²) in [6.45, 7) is 0.976. The summed E-state index contributed by atoms with van der Waals surface area (Å²) in [7, 11) is 0. The number of nitrogens with one attached hydrogen (secondary N) is 1. The topological polar surface area (TPSA) is 75.4 Å². The van der Waals surface area contributed by atoms with Gasteiger partial charge >= 0.3 is 0 Å². The molecule has 2 amide bonds. The molecular weight excluding hydrogens is 237 g/mol. The van der Waals surface area contributed by atoms with E-state index in [1.807, 2.05) is 0 Å². The average molecular weight is 251 g/mol. The van der Waals surface area contributed by atoms with E-state index in [0.717, 1.165) is 0 Å². The minimum atomic E-state index is -0.625. The van der Waals surface area contributed by atoms with Gasteiger partial charge in [0.15, 0.2) is 0 Å². The van der Waals surface area contributed by atoms with Gasteiger partial charge in [0, 0.05) is 13.1 Å². The number of hydrogen-bond donors (Lipinski definition) is 2. The minimum Gasteiger partial charge on any atom is -0.396 e. The molecule has 1 aliphatic rings. The maximum atomic E-state index is 13.3. The third-order valence-electron chi connectivity index (χ3n) is 2.83. The number of para-hydroxylation sites is 1. The molecule has 0 atom stereocenters. The summed E-state index contributed by atoms with van der Waals surface area (Å²) in [4.78, 5) is 24.9. The number of carbonyl (C=O) groups is 2. The van der Waals surface area contributed by atoms with Crippen LogP contribution >= 0.6 is 0 Å². The Hall–Kier alpha value is -2.11. The van der Waals surface area contributed by atoms with Crippen LogP contribution in [0.4, 0.5) is 10.1 Å². The fourth-order valence-electron chi connectivity index (χ4n) is 1.87. The van der Waals surface area contributed by atoms with Crippen LogP contribution in [0.1, 0.15) is 16.8 Å². The first-order valence-electron chi connectivity index (χ1n) is 5.69. The van der Waals surface area contributed by atoms with Gasteiger partial charge in [0.25, 0.3) is 5.91 Å². The van der Waals surface area contributed by atoms with Crippen molar-refractivity contribution in [3.05, 3.63) is 29.6 Å². The molecule has 1 saturated heterocycles. The van der Waals surface area contributed by atoms with E-state index in [4.69, 9.17) is 5.73 Å². The summed E-state index contributed by atoms with van der Waals surface area (Å²) in [5.74, 6) is -1.25. The van der Waals surface area contributed by atoms with Crippen LogP contribution in [0.5, 0.6) is 0 Å². The zero-order valence-corrected chi connectivity index (χ0v) is 9.78. The average Bonchev–Trinajstić information content (AvgIpc) is 2.56. The Kier molecular flexibility index (Phi) is 3.45. The van der Waals surface area contributed by atoms with Crippen LogP contribution in [0.3, 0.4) is 0 Å². The summed E-state index contributed by atoms with van der Waals surface area (Å²) in [6, 6.07) is 4.08. The predicted molar refractivity (Wildman–Crippen MR) is 64.3 cm³/mol. The molecule has 0 unspecified atom stereocenters. The van der Waals surface area contributed by atoms with E-state index in [0.29, 0.717) is 19.5 Å². The normalized spacial score (nSPS) is 16.1. The summed E-state index contributed by atoms with van der Waals surface area (Å²) in [5.41, 5.74) is 5.47. The van der Waals surface area contributed by atoms with Gasteiger partial charge < -0.3 is 16.0 Å². The lowest BCUT2D eigenvalue weighted by Crippen LogP contribution is -2.37. The summed E-state index contributed by atoms with van der Waals surface area (Å²) < 4.78 is 13.3. The smallest absolute Gasteiger partial charge is 0.256 e. The quantitative estimate of drug-likeness (QED) is 0.708. The number of benzene rings is 1. The molecule has 1 aliphatic heterocycles. The first kappa shape index (κ1) is 12.3. The van der Waals surface area contributed by atoms with Gasteiger partial charge in [0.05, 0.1) is 17.8 Å². The maximum absolute atomic E-state index is 13.3. The molecule has 0 bridgehead atoms. The molecule has 0 radical (unpaired) electrons. The molecule has 0 aromatic heterocycles. The van der Waals surface area contributed by atoms with Crippen molar-refractivity contribution in [2.24, 2.45) is 0 Å². The Balaban J connectivity index is 2.24. The van der Waals surface area contributed by atoms with Crippen molar-refractivity contribution in [3.63, 3.8) is 0 Å². The van der Waals surface area contributed by atoms with Crippen LogP contribution in [0.25, 0.3) is 0 Å². The van der Waals surface area contributed by atoms with Crippen LogP contribution in [-0.2, 0) is 4.79 Å². The molecule has 0 aliphatic carbocycles. The van der Waals surface area contributed by atoms with Gasteiger partial charge in [-0.1, -0.05) is 6.07 Å². The van der Waals surface area contributed by atoms with Crippen molar-refractivity contribution < 1.29 is 14.0 Å². The van der Waals surface area contributed by atoms with E-state index in [1.54, 1.807) is 0 Å². The molecule has 1 aromatic carbocycles. The lowest BCUT2D eigenvalue weighted by molar-refractivity contribution is -0.121. The monoisotopic (exact) mass is 251 g/mol. The summed E-state index contributed by atoms with van der Waals surface area (Å²) in [5, 5.41) is 2.67. The highest BCUT2D eigenvalue weighted by atomic mass is 19.1. The molecule has 2 rings (SSSR count). The number of hydrogen-bond acceptors (Lipinski definition) is 3. The maximum Gasteiger partial charge on any atom is 0.256 e. The van der Waals surface area contributed by atoms with Crippen molar-refractivity contribution >= 4 is 17.5 Å². The molecule has 1 fully saturated rings. The number of rotatable bonds is 1. The molecule has 0 spiro atoms. The molecule has 6 heteroatoms. The van der Waals surface area contributed by atoms with Gasteiger partial charge in [0.1, 0.15) is 5.82 Å². The molecule has 1 aromatic rings. The lowest BCUT2D eigenvalue weighted by Gasteiger charge is -2.19. The van der Waals surface area contributed by atoms with Crippen molar-refractivity contribution in [2.75, 3.05) is 25.4 Å². The summed E-state index contributed by atoms with van der Waals surface area (Å²) in [6.07, 6.45) is 0.673. The minimum absolute atomic E-state index is 0.0191. The first-order chi connectivity index (χ1) is 8.59. The predicted octanol–water partition coefficient (Wildman–Crippen LogP) is 0.370. The fourth-order valence-corrected chi connectivity index (χ4v) is 1.87. The number of nitrogen functional groups attached to an aromatic ring is 1. The Labute approximate surface area is 104 Å². The third kappa shape index (κ3) is 2.42. The molecule has 96 valence electrons. The van der Waals surface area contributed by atoms with Crippen LogP contribution < -0.4 is 11.1 Å². The standard InChI is InChI=1S/C12H14FN3O2/c13-9-4-1-3-8(11(9)14)12(18)16-6-2-5-15-10(17)7-16/h1,3-4H,2,5-7,14H2,(H,15,17). The van der Waals surface area contributed by atoms with Crippen molar-refractivity contribution in [3.8, 4) is 0 Å². The van der Waals surface area contributed by atoms with E-state index in [-0.39, 0.29) is 23.7 Å². The van der Waals surface area contributed by atoms with Crippen molar-refractivity contribution in [1.29, 1.82) is 0 Å². The lowest BCUT2D eigenvalue weighted by atomic mass is 10.1. The second kappa shape index (κ2) is 5.03. The van der Waals surface area contributed by atoms with Gasteiger partial charge in [-0.05, 0) is 18.6 Å². The molecule has 3 N–H and O–H groups in total.